The Hall–Kier alpha value is -3.76. The number of hydrogen-bond acceptors (Lipinski definition) is 6. The molecule has 2 aromatic heterocycles. The van der Waals surface area contributed by atoms with Crippen molar-refractivity contribution in [2.24, 2.45) is 0 Å². The Labute approximate surface area is 207 Å². The van der Waals surface area contributed by atoms with E-state index in [0.717, 1.165) is 6.07 Å². The van der Waals surface area contributed by atoms with Crippen LogP contribution in [0.15, 0.2) is 30.7 Å². The molecule has 0 atom stereocenters. The zero-order valence-electron chi connectivity index (χ0n) is 20.9. The van der Waals surface area contributed by atoms with Gasteiger partial charge in [0, 0.05) is 45.5 Å². The van der Waals surface area contributed by atoms with Crippen molar-refractivity contribution in [3.05, 3.63) is 47.9 Å². The standard InChI is InChI=1S/C25H29F2N5O4/c1-25(2,3)36-24(34)31-10-8-15(9-11-31)32-13-19(27)20-21(32)28-14-29-22(20)35-16-6-7-17(18(26)12-16)23(33)30(4)5/h6-7,12-15H,8-11H2,1-5H3. The number of ether oxygens (including phenoxy) is 2. The highest BCUT2D eigenvalue weighted by Gasteiger charge is 2.29. The van der Waals surface area contributed by atoms with Crippen molar-refractivity contribution in [1.29, 1.82) is 0 Å². The summed E-state index contributed by atoms with van der Waals surface area (Å²) in [7, 11) is 3.05. The highest BCUT2D eigenvalue weighted by molar-refractivity contribution is 5.94. The van der Waals surface area contributed by atoms with E-state index >= 15 is 4.39 Å². The molecule has 0 spiro atoms. The second-order valence-electron chi connectivity index (χ2n) is 9.90. The predicted octanol–water partition coefficient (Wildman–Crippen LogP) is 4.78. The lowest BCUT2D eigenvalue weighted by atomic mass is 10.1. The largest absolute Gasteiger partial charge is 0.444 e. The third-order valence-electron chi connectivity index (χ3n) is 5.83. The highest BCUT2D eigenvalue weighted by Crippen LogP contribution is 2.34. The van der Waals surface area contributed by atoms with E-state index in [2.05, 4.69) is 9.97 Å². The second-order valence-corrected chi connectivity index (χ2v) is 9.90. The molecule has 0 bridgehead atoms. The van der Waals surface area contributed by atoms with E-state index in [4.69, 9.17) is 9.47 Å². The molecule has 1 aliphatic rings. The molecule has 2 amide bonds. The monoisotopic (exact) mass is 501 g/mol. The number of carbonyl (C=O) groups is 2. The van der Waals surface area contributed by atoms with Crippen LogP contribution in [0.5, 0.6) is 11.6 Å². The topological polar surface area (TPSA) is 89.8 Å². The number of hydrogen-bond donors (Lipinski definition) is 0. The smallest absolute Gasteiger partial charge is 0.410 e. The summed E-state index contributed by atoms with van der Waals surface area (Å²) < 4.78 is 42.4. The number of nitrogens with zero attached hydrogens (tertiary/aromatic N) is 5. The van der Waals surface area contributed by atoms with Gasteiger partial charge in [0.15, 0.2) is 11.5 Å². The van der Waals surface area contributed by atoms with Gasteiger partial charge in [-0.1, -0.05) is 0 Å². The maximum atomic E-state index is 15.1. The van der Waals surface area contributed by atoms with Gasteiger partial charge in [-0.05, 0) is 45.7 Å². The summed E-state index contributed by atoms with van der Waals surface area (Å²) in [6.07, 6.45) is 3.42. The molecular formula is C25H29F2N5O4. The molecule has 3 heterocycles. The molecule has 1 fully saturated rings. The average Bonchev–Trinajstić information content (AvgIpc) is 3.15. The Morgan fingerprint density at radius 2 is 1.78 bits per heavy atom. The number of fused-ring (bicyclic) bond motifs is 1. The first-order valence-corrected chi connectivity index (χ1v) is 11.6. The lowest BCUT2D eigenvalue weighted by Gasteiger charge is -2.34. The fraction of sp³-hybridized carbons (Fsp3) is 0.440. The minimum Gasteiger partial charge on any atom is -0.444 e. The summed E-state index contributed by atoms with van der Waals surface area (Å²) in [5.74, 6) is -1.81. The van der Waals surface area contributed by atoms with Crippen LogP contribution in [-0.2, 0) is 4.74 Å². The van der Waals surface area contributed by atoms with Gasteiger partial charge in [-0.15, -0.1) is 0 Å². The van der Waals surface area contributed by atoms with E-state index in [1.54, 1.807) is 9.47 Å². The number of halogens is 2. The van der Waals surface area contributed by atoms with Crippen molar-refractivity contribution in [2.75, 3.05) is 27.2 Å². The van der Waals surface area contributed by atoms with E-state index in [-0.39, 0.29) is 34.7 Å². The summed E-state index contributed by atoms with van der Waals surface area (Å²) >= 11 is 0. The van der Waals surface area contributed by atoms with Gasteiger partial charge >= 0.3 is 6.09 Å². The zero-order valence-corrected chi connectivity index (χ0v) is 20.9. The van der Waals surface area contributed by atoms with Crippen LogP contribution in [0.2, 0.25) is 0 Å². The fourth-order valence-corrected chi connectivity index (χ4v) is 4.11. The van der Waals surface area contributed by atoms with Crippen molar-refractivity contribution in [3.63, 3.8) is 0 Å². The van der Waals surface area contributed by atoms with Crippen LogP contribution in [0.25, 0.3) is 11.0 Å². The number of likely N-dealkylation sites (tertiary alicyclic amines) is 1. The Morgan fingerprint density at radius 1 is 1.08 bits per heavy atom. The minimum atomic E-state index is -0.758. The summed E-state index contributed by atoms with van der Waals surface area (Å²) in [5.41, 5.74) is -0.338. The van der Waals surface area contributed by atoms with Crippen LogP contribution >= 0.6 is 0 Å². The molecule has 0 aliphatic carbocycles. The van der Waals surface area contributed by atoms with Gasteiger partial charge in [-0.3, -0.25) is 4.79 Å². The molecule has 0 radical (unpaired) electrons. The summed E-state index contributed by atoms with van der Waals surface area (Å²) in [6, 6.07) is 3.71. The third kappa shape index (κ3) is 5.24. The summed E-state index contributed by atoms with van der Waals surface area (Å²) in [6.45, 7) is 6.38. The zero-order chi connectivity index (χ0) is 26.2. The number of rotatable bonds is 4. The first-order chi connectivity index (χ1) is 16.9. The van der Waals surface area contributed by atoms with Crippen molar-refractivity contribution >= 4 is 23.0 Å². The highest BCUT2D eigenvalue weighted by atomic mass is 19.1. The van der Waals surface area contributed by atoms with Crippen LogP contribution in [0.3, 0.4) is 0 Å². The van der Waals surface area contributed by atoms with Gasteiger partial charge < -0.3 is 23.8 Å². The van der Waals surface area contributed by atoms with E-state index < -0.39 is 23.1 Å². The number of benzene rings is 1. The number of carbonyl (C=O) groups excluding carboxylic acids is 2. The summed E-state index contributed by atoms with van der Waals surface area (Å²) in [4.78, 5) is 35.7. The van der Waals surface area contributed by atoms with E-state index in [9.17, 15) is 14.0 Å². The molecule has 0 N–H and O–H groups in total. The number of amides is 2. The first kappa shape index (κ1) is 25.3. The summed E-state index contributed by atoms with van der Waals surface area (Å²) in [5, 5.41) is 0.0703. The van der Waals surface area contributed by atoms with E-state index in [0.29, 0.717) is 31.6 Å². The van der Waals surface area contributed by atoms with Crippen molar-refractivity contribution < 1.29 is 27.8 Å². The average molecular weight is 502 g/mol. The van der Waals surface area contributed by atoms with Gasteiger partial charge in [0.25, 0.3) is 5.91 Å². The molecule has 1 aromatic carbocycles. The van der Waals surface area contributed by atoms with Crippen LogP contribution in [0, 0.1) is 11.6 Å². The molecule has 1 aliphatic heterocycles. The van der Waals surface area contributed by atoms with Gasteiger partial charge in [-0.25, -0.2) is 23.5 Å². The van der Waals surface area contributed by atoms with Gasteiger partial charge in [0.05, 0.1) is 5.56 Å². The van der Waals surface area contributed by atoms with Crippen LogP contribution in [-0.4, -0.2) is 69.1 Å². The number of piperidine rings is 1. The van der Waals surface area contributed by atoms with Crippen LogP contribution in [0.4, 0.5) is 13.6 Å². The van der Waals surface area contributed by atoms with Gasteiger partial charge in [0.1, 0.15) is 28.9 Å². The molecule has 0 unspecified atom stereocenters. The maximum Gasteiger partial charge on any atom is 0.410 e. The maximum absolute atomic E-state index is 15.1. The quantitative estimate of drug-likeness (QED) is 0.511. The Balaban J connectivity index is 1.54. The van der Waals surface area contributed by atoms with Crippen molar-refractivity contribution in [1.82, 2.24) is 24.3 Å². The fourth-order valence-electron chi connectivity index (χ4n) is 4.11. The molecule has 11 heteroatoms. The lowest BCUT2D eigenvalue weighted by molar-refractivity contribution is 0.0189. The minimum absolute atomic E-state index is 0.0615. The van der Waals surface area contributed by atoms with E-state index in [1.165, 1.54) is 43.7 Å². The molecular weight excluding hydrogens is 472 g/mol. The third-order valence-corrected chi connectivity index (χ3v) is 5.83. The molecule has 4 rings (SSSR count). The van der Waals surface area contributed by atoms with Crippen LogP contribution in [0.1, 0.15) is 50.0 Å². The van der Waals surface area contributed by atoms with Crippen molar-refractivity contribution in [3.8, 4) is 11.6 Å². The van der Waals surface area contributed by atoms with Crippen molar-refractivity contribution in [2.45, 2.75) is 45.3 Å². The molecule has 1 saturated heterocycles. The van der Waals surface area contributed by atoms with Crippen LogP contribution < -0.4 is 4.74 Å². The predicted molar refractivity (Wildman–Crippen MR) is 128 cm³/mol. The molecule has 9 nitrogen and oxygen atoms in total. The Bertz CT molecular complexity index is 1290. The number of aromatic nitrogens is 3. The van der Waals surface area contributed by atoms with E-state index in [1.807, 2.05) is 20.8 Å². The Kier molecular flexibility index (Phi) is 6.83. The molecule has 36 heavy (non-hydrogen) atoms. The lowest BCUT2D eigenvalue weighted by Crippen LogP contribution is -2.42. The Morgan fingerprint density at radius 3 is 2.39 bits per heavy atom. The molecule has 3 aromatic rings. The van der Waals surface area contributed by atoms with Gasteiger partial charge in [0.2, 0.25) is 5.88 Å². The normalized spacial score (nSPS) is 14.7. The SMILES string of the molecule is CN(C)C(=O)c1ccc(Oc2ncnc3c2c(F)cn3C2CCN(C(=O)OC(C)(C)C)CC2)cc1F. The molecule has 0 saturated carbocycles. The second kappa shape index (κ2) is 9.71. The van der Waals surface area contributed by atoms with Gasteiger partial charge in [-0.2, -0.15) is 0 Å². The molecule has 192 valence electrons. The first-order valence-electron chi connectivity index (χ1n) is 11.6.